The van der Waals surface area contributed by atoms with E-state index in [1.807, 2.05) is 6.92 Å². The van der Waals surface area contributed by atoms with Crippen molar-refractivity contribution < 1.29 is 9.59 Å². The van der Waals surface area contributed by atoms with Gasteiger partial charge < -0.3 is 16.0 Å². The number of carbonyl (C=O) groups is 2. The lowest BCUT2D eigenvalue weighted by atomic mass is 9.89. The van der Waals surface area contributed by atoms with Gasteiger partial charge in [-0.3, -0.25) is 14.6 Å². The molecule has 2 rings (SSSR count). The third-order valence-electron chi connectivity index (χ3n) is 3.81. The Balaban J connectivity index is 2.13. The van der Waals surface area contributed by atoms with Gasteiger partial charge >= 0.3 is 0 Å². The van der Waals surface area contributed by atoms with Gasteiger partial charge in [0.15, 0.2) is 0 Å². The number of carbonyl (C=O) groups excluding carboxylic acids is 2. The summed E-state index contributed by atoms with van der Waals surface area (Å²) < 4.78 is 0. The quantitative estimate of drug-likeness (QED) is 0.822. The van der Waals surface area contributed by atoms with Gasteiger partial charge in [-0.15, -0.1) is 0 Å². The Labute approximate surface area is 118 Å². The lowest BCUT2D eigenvalue weighted by Gasteiger charge is -2.22. The predicted octanol–water partition coefficient (Wildman–Crippen LogP) is 0.139. The number of rotatable bonds is 3. The van der Waals surface area contributed by atoms with Crippen LogP contribution in [0.2, 0.25) is 0 Å². The Kier molecular flexibility index (Phi) is 4.04. The lowest BCUT2D eigenvalue weighted by molar-refractivity contribution is -0.128. The van der Waals surface area contributed by atoms with Crippen molar-refractivity contribution in [3.05, 3.63) is 29.6 Å². The zero-order valence-electron chi connectivity index (χ0n) is 11.8. The van der Waals surface area contributed by atoms with Crippen LogP contribution in [0, 0.1) is 5.41 Å². The minimum absolute atomic E-state index is 0.0230. The molecule has 1 aromatic heterocycles. The fourth-order valence-electron chi connectivity index (χ4n) is 2.53. The van der Waals surface area contributed by atoms with Crippen LogP contribution in [0.4, 0.5) is 0 Å². The third kappa shape index (κ3) is 2.65. The second-order valence-corrected chi connectivity index (χ2v) is 5.36. The van der Waals surface area contributed by atoms with E-state index in [9.17, 15) is 9.59 Å². The van der Waals surface area contributed by atoms with Gasteiger partial charge in [0.2, 0.25) is 5.91 Å². The van der Waals surface area contributed by atoms with Crippen LogP contribution in [0.5, 0.6) is 0 Å². The van der Waals surface area contributed by atoms with E-state index in [0.717, 1.165) is 0 Å². The number of hydrogen-bond acceptors (Lipinski definition) is 4. The maximum Gasteiger partial charge on any atom is 0.254 e. The van der Waals surface area contributed by atoms with Crippen molar-refractivity contribution in [3.8, 4) is 0 Å². The Bertz CT molecular complexity index is 532. The fraction of sp³-hybridized carbons (Fsp3) is 0.500. The molecule has 2 heterocycles. The maximum absolute atomic E-state index is 12.4. The Morgan fingerprint density at radius 2 is 2.30 bits per heavy atom. The highest BCUT2D eigenvalue weighted by Crippen LogP contribution is 2.30. The van der Waals surface area contributed by atoms with Crippen molar-refractivity contribution in [1.82, 2.24) is 15.2 Å². The summed E-state index contributed by atoms with van der Waals surface area (Å²) in [5.74, 6) is -0.0973. The summed E-state index contributed by atoms with van der Waals surface area (Å²) in [5.41, 5.74) is 6.28. The predicted molar refractivity (Wildman–Crippen MR) is 74.8 cm³/mol. The van der Waals surface area contributed by atoms with Crippen LogP contribution in [-0.4, -0.2) is 41.8 Å². The van der Waals surface area contributed by atoms with Crippen molar-refractivity contribution in [2.45, 2.75) is 19.9 Å². The number of nitrogens with one attached hydrogen (secondary N) is 1. The van der Waals surface area contributed by atoms with Gasteiger partial charge in [0.25, 0.3) is 5.91 Å². The molecule has 0 saturated carbocycles. The zero-order chi connectivity index (χ0) is 14.8. The van der Waals surface area contributed by atoms with E-state index in [-0.39, 0.29) is 11.8 Å². The lowest BCUT2D eigenvalue weighted by Crippen LogP contribution is -2.40. The van der Waals surface area contributed by atoms with Gasteiger partial charge in [0, 0.05) is 38.4 Å². The number of nitrogens with zero attached hydrogens (tertiary/aromatic N) is 2. The zero-order valence-corrected chi connectivity index (χ0v) is 11.8. The van der Waals surface area contributed by atoms with Crippen LogP contribution in [-0.2, 0) is 11.3 Å². The summed E-state index contributed by atoms with van der Waals surface area (Å²) in [7, 11) is 1.62. The molecule has 0 aliphatic carbocycles. The summed E-state index contributed by atoms with van der Waals surface area (Å²) in [4.78, 5) is 30.1. The van der Waals surface area contributed by atoms with E-state index in [1.165, 1.54) is 0 Å². The molecule has 1 aliphatic heterocycles. The van der Waals surface area contributed by atoms with E-state index in [1.54, 1.807) is 30.3 Å². The molecular formula is C14H20N4O2. The van der Waals surface area contributed by atoms with Crippen LogP contribution in [0.1, 0.15) is 29.4 Å². The summed E-state index contributed by atoms with van der Waals surface area (Å²) in [6, 6.07) is 3.38. The van der Waals surface area contributed by atoms with Gasteiger partial charge in [0.05, 0.1) is 11.1 Å². The van der Waals surface area contributed by atoms with Crippen LogP contribution in [0.15, 0.2) is 18.3 Å². The van der Waals surface area contributed by atoms with Crippen LogP contribution < -0.4 is 11.1 Å². The van der Waals surface area contributed by atoms with Crippen molar-refractivity contribution >= 4 is 11.8 Å². The molecule has 6 nitrogen and oxygen atoms in total. The van der Waals surface area contributed by atoms with E-state index >= 15 is 0 Å². The molecular weight excluding hydrogens is 256 g/mol. The minimum Gasteiger partial charge on any atom is -0.359 e. The molecule has 0 bridgehead atoms. The molecule has 1 aliphatic rings. The molecule has 1 fully saturated rings. The standard InChI is InChI=1S/C14H20N4O2/c1-14(13(20)16-2)4-6-18(9-14)12(19)10-3-5-17-11(7-10)8-15/h3,5,7H,4,6,8-9,15H2,1-2H3,(H,16,20). The normalized spacial score (nSPS) is 21.9. The topological polar surface area (TPSA) is 88.3 Å². The molecule has 1 unspecified atom stereocenters. The SMILES string of the molecule is CNC(=O)C1(C)CCN(C(=O)c2ccnc(CN)c2)C1. The van der Waals surface area contributed by atoms with Gasteiger partial charge in [0.1, 0.15) is 0 Å². The van der Waals surface area contributed by atoms with Gasteiger partial charge in [-0.05, 0) is 25.5 Å². The van der Waals surface area contributed by atoms with E-state index < -0.39 is 5.41 Å². The number of aromatic nitrogens is 1. The number of likely N-dealkylation sites (tertiary alicyclic amines) is 1. The van der Waals surface area contributed by atoms with E-state index in [2.05, 4.69) is 10.3 Å². The molecule has 1 aromatic rings. The fourth-order valence-corrected chi connectivity index (χ4v) is 2.53. The summed E-state index contributed by atoms with van der Waals surface area (Å²) in [5, 5.41) is 2.66. The first-order chi connectivity index (χ1) is 9.50. The molecule has 0 radical (unpaired) electrons. The molecule has 0 aromatic carbocycles. The highest BCUT2D eigenvalue weighted by molar-refractivity contribution is 5.95. The average molecular weight is 276 g/mol. The Morgan fingerprint density at radius 1 is 1.55 bits per heavy atom. The van der Waals surface area contributed by atoms with Crippen LogP contribution in [0.25, 0.3) is 0 Å². The van der Waals surface area contributed by atoms with Crippen LogP contribution in [0.3, 0.4) is 0 Å². The molecule has 1 atom stereocenters. The van der Waals surface area contributed by atoms with Crippen molar-refractivity contribution in [1.29, 1.82) is 0 Å². The summed E-state index contributed by atoms with van der Waals surface area (Å²) >= 11 is 0. The number of pyridine rings is 1. The van der Waals surface area contributed by atoms with Crippen LogP contribution >= 0.6 is 0 Å². The molecule has 0 spiro atoms. The molecule has 2 amide bonds. The first-order valence-electron chi connectivity index (χ1n) is 6.66. The van der Waals surface area contributed by atoms with E-state index in [0.29, 0.717) is 37.3 Å². The second kappa shape index (κ2) is 5.58. The van der Waals surface area contributed by atoms with Gasteiger partial charge in [-0.2, -0.15) is 0 Å². The Hall–Kier alpha value is -1.95. The molecule has 108 valence electrons. The average Bonchev–Trinajstić information content (AvgIpc) is 2.89. The largest absolute Gasteiger partial charge is 0.359 e. The molecule has 6 heteroatoms. The first-order valence-corrected chi connectivity index (χ1v) is 6.66. The van der Waals surface area contributed by atoms with Crippen molar-refractivity contribution in [2.75, 3.05) is 20.1 Å². The maximum atomic E-state index is 12.4. The summed E-state index contributed by atoms with van der Waals surface area (Å²) in [6.07, 6.45) is 2.26. The second-order valence-electron chi connectivity index (χ2n) is 5.36. The van der Waals surface area contributed by atoms with E-state index in [4.69, 9.17) is 5.73 Å². The highest BCUT2D eigenvalue weighted by Gasteiger charge is 2.41. The Morgan fingerprint density at radius 3 is 2.95 bits per heavy atom. The van der Waals surface area contributed by atoms with Gasteiger partial charge in [-0.1, -0.05) is 0 Å². The first kappa shape index (κ1) is 14.5. The van der Waals surface area contributed by atoms with Crippen molar-refractivity contribution in [2.24, 2.45) is 11.1 Å². The number of nitrogens with two attached hydrogens (primary N) is 1. The molecule has 3 N–H and O–H groups in total. The minimum atomic E-state index is -0.506. The van der Waals surface area contributed by atoms with Crippen molar-refractivity contribution in [3.63, 3.8) is 0 Å². The molecule has 20 heavy (non-hydrogen) atoms. The third-order valence-corrected chi connectivity index (χ3v) is 3.81. The number of amides is 2. The summed E-state index contributed by atoms with van der Waals surface area (Å²) in [6.45, 7) is 3.21. The monoisotopic (exact) mass is 276 g/mol. The smallest absolute Gasteiger partial charge is 0.254 e. The molecule has 1 saturated heterocycles. The van der Waals surface area contributed by atoms with Gasteiger partial charge in [-0.25, -0.2) is 0 Å². The number of hydrogen-bond donors (Lipinski definition) is 2. The highest BCUT2D eigenvalue weighted by atomic mass is 16.2.